The number of rotatable bonds is 1. The summed E-state index contributed by atoms with van der Waals surface area (Å²) in [5.41, 5.74) is 12.5. The highest BCUT2D eigenvalue weighted by atomic mass is 127. The van der Waals surface area contributed by atoms with Crippen LogP contribution in [-0.4, -0.2) is 9.97 Å². The molecule has 1 aromatic carbocycles. The predicted octanol–water partition coefficient (Wildman–Crippen LogP) is 2.44. The molecule has 0 unspecified atom stereocenters. The number of anilines is 2. The van der Waals surface area contributed by atoms with Crippen molar-refractivity contribution in [3.05, 3.63) is 32.4 Å². The van der Waals surface area contributed by atoms with Gasteiger partial charge in [-0.25, -0.2) is 4.98 Å². The lowest BCUT2D eigenvalue weighted by atomic mass is 10.1. The largest absolute Gasteiger partial charge is 0.382 e. The summed E-state index contributed by atoms with van der Waals surface area (Å²) >= 11 is 8.12. The zero-order valence-electron chi connectivity index (χ0n) is 8.98. The first-order valence-electron chi connectivity index (χ1n) is 4.82. The van der Waals surface area contributed by atoms with Crippen LogP contribution in [0.3, 0.4) is 0 Å². The van der Waals surface area contributed by atoms with E-state index in [-0.39, 0.29) is 17.3 Å². The van der Waals surface area contributed by atoms with E-state index in [9.17, 15) is 0 Å². The van der Waals surface area contributed by atoms with E-state index in [0.29, 0.717) is 16.3 Å². The second kappa shape index (κ2) is 4.96. The van der Waals surface area contributed by atoms with Crippen molar-refractivity contribution in [1.29, 1.82) is 5.26 Å². The maximum absolute atomic E-state index is 9.13. The lowest BCUT2D eigenvalue weighted by molar-refractivity contribution is 1.18. The van der Waals surface area contributed by atoms with Crippen LogP contribution in [0.2, 0.25) is 5.02 Å². The number of hydrogen-bond acceptors (Lipinski definition) is 5. The standard InChI is InChI=1S/C11H7ClIN5/c12-7-3-1-2-5(8(7)13)9-6(4-14)10(15)18-11(16)17-9/h1-3H,(H4,15,16,17,18). The second-order valence-electron chi connectivity index (χ2n) is 3.40. The van der Waals surface area contributed by atoms with Gasteiger partial charge >= 0.3 is 0 Å². The summed E-state index contributed by atoms with van der Waals surface area (Å²) in [5.74, 6) is 0.0908. The van der Waals surface area contributed by atoms with E-state index >= 15 is 0 Å². The van der Waals surface area contributed by atoms with Crippen LogP contribution in [0.15, 0.2) is 18.2 Å². The molecule has 7 heteroatoms. The van der Waals surface area contributed by atoms with Crippen LogP contribution >= 0.6 is 34.2 Å². The molecule has 0 bridgehead atoms. The van der Waals surface area contributed by atoms with Gasteiger partial charge < -0.3 is 11.5 Å². The van der Waals surface area contributed by atoms with Crippen molar-refractivity contribution >= 4 is 46.0 Å². The average molecular weight is 372 g/mol. The minimum absolute atomic E-state index is 0.0253. The Morgan fingerprint density at radius 2 is 2.00 bits per heavy atom. The Morgan fingerprint density at radius 1 is 1.28 bits per heavy atom. The minimum atomic E-state index is 0.0253. The zero-order valence-corrected chi connectivity index (χ0v) is 11.9. The number of nitriles is 1. The Hall–Kier alpha value is -1.59. The van der Waals surface area contributed by atoms with Crippen LogP contribution in [0.4, 0.5) is 11.8 Å². The number of hydrogen-bond donors (Lipinski definition) is 2. The third-order valence-corrected chi connectivity index (χ3v) is 4.07. The highest BCUT2D eigenvalue weighted by Gasteiger charge is 2.16. The molecule has 0 fully saturated rings. The molecule has 0 saturated carbocycles. The quantitative estimate of drug-likeness (QED) is 0.750. The fourth-order valence-corrected chi connectivity index (χ4v) is 2.28. The highest BCUT2D eigenvalue weighted by molar-refractivity contribution is 14.1. The Labute approximate surface area is 122 Å². The molecule has 2 rings (SSSR count). The van der Waals surface area contributed by atoms with Gasteiger partial charge in [-0.3, -0.25) is 0 Å². The zero-order chi connectivity index (χ0) is 13.3. The molecule has 4 N–H and O–H groups in total. The van der Waals surface area contributed by atoms with Gasteiger partial charge in [0, 0.05) is 9.13 Å². The van der Waals surface area contributed by atoms with Crippen LogP contribution in [-0.2, 0) is 0 Å². The summed E-state index contributed by atoms with van der Waals surface area (Å²) in [5, 5.41) is 9.70. The normalized spacial score (nSPS) is 10.1. The molecule has 90 valence electrons. The molecule has 0 radical (unpaired) electrons. The predicted molar refractivity (Wildman–Crippen MR) is 78.7 cm³/mol. The van der Waals surface area contributed by atoms with Crippen molar-refractivity contribution in [1.82, 2.24) is 9.97 Å². The van der Waals surface area contributed by atoms with Gasteiger partial charge in [0.1, 0.15) is 17.5 Å². The first-order chi connectivity index (χ1) is 8.54. The second-order valence-corrected chi connectivity index (χ2v) is 4.89. The molecule has 0 spiro atoms. The topological polar surface area (TPSA) is 102 Å². The minimum Gasteiger partial charge on any atom is -0.382 e. The van der Waals surface area contributed by atoms with Crippen LogP contribution in [0.25, 0.3) is 11.3 Å². The monoisotopic (exact) mass is 371 g/mol. The first kappa shape index (κ1) is 12.9. The highest BCUT2D eigenvalue weighted by Crippen LogP contribution is 2.32. The van der Waals surface area contributed by atoms with Crippen LogP contribution in [0, 0.1) is 14.9 Å². The third-order valence-electron chi connectivity index (χ3n) is 2.27. The maximum Gasteiger partial charge on any atom is 0.222 e. The summed E-state index contributed by atoms with van der Waals surface area (Å²) in [6.45, 7) is 0. The van der Waals surface area contributed by atoms with E-state index in [1.54, 1.807) is 18.2 Å². The van der Waals surface area contributed by atoms with Gasteiger partial charge in [-0.1, -0.05) is 23.7 Å². The lowest BCUT2D eigenvalue weighted by Gasteiger charge is -2.09. The molecular formula is C11H7ClIN5. The molecule has 0 aliphatic heterocycles. The number of halogens is 2. The molecule has 0 amide bonds. The Morgan fingerprint density at radius 3 is 2.67 bits per heavy atom. The number of nitrogen functional groups attached to an aromatic ring is 2. The Balaban J connectivity index is 2.79. The molecule has 1 heterocycles. The van der Waals surface area contributed by atoms with E-state index in [1.807, 2.05) is 6.07 Å². The summed E-state index contributed by atoms with van der Waals surface area (Å²) in [6, 6.07) is 7.32. The van der Waals surface area contributed by atoms with Crippen molar-refractivity contribution in [3.63, 3.8) is 0 Å². The molecule has 1 aromatic heterocycles. The van der Waals surface area contributed by atoms with Gasteiger partial charge in [-0.2, -0.15) is 10.2 Å². The van der Waals surface area contributed by atoms with Gasteiger partial charge in [-0.05, 0) is 28.7 Å². The molecular weight excluding hydrogens is 365 g/mol. The van der Waals surface area contributed by atoms with Crippen LogP contribution in [0.1, 0.15) is 5.56 Å². The van der Waals surface area contributed by atoms with Crippen molar-refractivity contribution in [3.8, 4) is 17.3 Å². The van der Waals surface area contributed by atoms with E-state index in [1.165, 1.54) is 0 Å². The molecule has 18 heavy (non-hydrogen) atoms. The molecule has 0 aliphatic carbocycles. The summed E-state index contributed by atoms with van der Waals surface area (Å²) in [4.78, 5) is 7.85. The van der Waals surface area contributed by atoms with Gasteiger partial charge in [-0.15, -0.1) is 0 Å². The van der Waals surface area contributed by atoms with Crippen LogP contribution in [0.5, 0.6) is 0 Å². The maximum atomic E-state index is 9.13. The molecule has 5 nitrogen and oxygen atoms in total. The molecule has 0 aliphatic rings. The fraction of sp³-hybridized carbons (Fsp3) is 0. The van der Waals surface area contributed by atoms with Gasteiger partial charge in [0.15, 0.2) is 0 Å². The number of nitrogens with two attached hydrogens (primary N) is 2. The summed E-state index contributed by atoms with van der Waals surface area (Å²) in [6.07, 6.45) is 0. The molecule has 0 saturated heterocycles. The van der Waals surface area contributed by atoms with Gasteiger partial charge in [0.25, 0.3) is 0 Å². The Bertz CT molecular complexity index is 665. The average Bonchev–Trinajstić information content (AvgIpc) is 2.32. The summed E-state index contributed by atoms with van der Waals surface area (Å²) < 4.78 is 0.783. The van der Waals surface area contributed by atoms with Gasteiger partial charge in [0.05, 0.1) is 10.7 Å². The molecule has 0 atom stereocenters. The van der Waals surface area contributed by atoms with Gasteiger partial charge in [0.2, 0.25) is 5.95 Å². The number of nitrogens with zero attached hydrogens (tertiary/aromatic N) is 3. The van der Waals surface area contributed by atoms with E-state index in [4.69, 9.17) is 28.3 Å². The number of benzene rings is 1. The smallest absolute Gasteiger partial charge is 0.222 e. The van der Waals surface area contributed by atoms with Crippen molar-refractivity contribution < 1.29 is 0 Å². The van der Waals surface area contributed by atoms with Crippen molar-refractivity contribution in [2.75, 3.05) is 11.5 Å². The number of aromatic nitrogens is 2. The van der Waals surface area contributed by atoms with Crippen molar-refractivity contribution in [2.24, 2.45) is 0 Å². The first-order valence-corrected chi connectivity index (χ1v) is 6.27. The van der Waals surface area contributed by atoms with E-state index < -0.39 is 0 Å². The van der Waals surface area contributed by atoms with E-state index in [2.05, 4.69) is 32.6 Å². The fourth-order valence-electron chi connectivity index (χ4n) is 1.49. The van der Waals surface area contributed by atoms with E-state index in [0.717, 1.165) is 3.57 Å². The van der Waals surface area contributed by atoms with Crippen molar-refractivity contribution in [2.45, 2.75) is 0 Å². The molecule has 2 aromatic rings. The summed E-state index contributed by atoms with van der Waals surface area (Å²) in [7, 11) is 0. The third kappa shape index (κ3) is 2.19. The SMILES string of the molecule is N#Cc1c(N)nc(N)nc1-c1cccc(Cl)c1I. The van der Waals surface area contributed by atoms with Crippen LogP contribution < -0.4 is 11.5 Å². The lowest BCUT2D eigenvalue weighted by Crippen LogP contribution is -2.05. The Kier molecular flexibility index (Phi) is 3.54.